The van der Waals surface area contributed by atoms with Crippen molar-refractivity contribution in [3.63, 3.8) is 0 Å². The van der Waals surface area contributed by atoms with Crippen LogP contribution in [-0.2, 0) is 11.2 Å². The Kier molecular flexibility index (Phi) is 9.21. The third-order valence-corrected chi connectivity index (χ3v) is 6.53. The van der Waals surface area contributed by atoms with Gasteiger partial charge in [0.15, 0.2) is 18.1 Å². The molecule has 4 rings (SSSR count). The van der Waals surface area contributed by atoms with E-state index in [1.807, 2.05) is 55.4 Å². The summed E-state index contributed by atoms with van der Waals surface area (Å²) in [6, 6.07) is 15.1. The highest BCUT2D eigenvalue weighted by molar-refractivity contribution is 5.83. The lowest BCUT2D eigenvalue weighted by atomic mass is 9.96. The molecule has 212 valence electrons. The number of fused-ring (bicyclic) bond motifs is 1. The van der Waals surface area contributed by atoms with Gasteiger partial charge in [-0.05, 0) is 48.2 Å². The SMILES string of the molecule is COc1cc(OCC(=O)N/N=C/c2ccc(N(C)C)cc2)cc2c1CCC(c1cc(OC)c(OC)c(OC)c1)O2. The second kappa shape index (κ2) is 13.0. The lowest BCUT2D eigenvalue weighted by Gasteiger charge is -2.29. The molecule has 10 heteroatoms. The number of nitrogens with zero attached hydrogens (tertiary/aromatic N) is 2. The Morgan fingerprint density at radius 3 is 2.25 bits per heavy atom. The molecule has 1 aliphatic rings. The molecular formula is C30H35N3O7. The molecule has 1 unspecified atom stereocenters. The maximum absolute atomic E-state index is 12.4. The van der Waals surface area contributed by atoms with Crippen LogP contribution in [0.4, 0.5) is 5.69 Å². The minimum Gasteiger partial charge on any atom is -0.496 e. The van der Waals surface area contributed by atoms with Crippen molar-refractivity contribution in [1.29, 1.82) is 0 Å². The number of carbonyl (C=O) groups excluding carboxylic acids is 1. The normalized spacial score (nSPS) is 14.1. The predicted octanol–water partition coefficient (Wildman–Crippen LogP) is 4.38. The fourth-order valence-corrected chi connectivity index (χ4v) is 4.44. The van der Waals surface area contributed by atoms with Crippen molar-refractivity contribution in [3.05, 3.63) is 65.2 Å². The third-order valence-electron chi connectivity index (χ3n) is 6.53. The van der Waals surface area contributed by atoms with Gasteiger partial charge in [-0.15, -0.1) is 0 Å². The van der Waals surface area contributed by atoms with E-state index in [4.69, 9.17) is 28.4 Å². The number of amides is 1. The van der Waals surface area contributed by atoms with E-state index >= 15 is 0 Å². The molecule has 3 aromatic rings. The van der Waals surface area contributed by atoms with Gasteiger partial charge in [0.1, 0.15) is 23.4 Å². The van der Waals surface area contributed by atoms with Crippen LogP contribution in [0.2, 0.25) is 0 Å². The Balaban J connectivity index is 1.43. The molecule has 1 N–H and O–H groups in total. The van der Waals surface area contributed by atoms with E-state index in [-0.39, 0.29) is 12.7 Å². The smallest absolute Gasteiger partial charge is 0.277 e. The van der Waals surface area contributed by atoms with Gasteiger partial charge in [0.05, 0.1) is 34.7 Å². The van der Waals surface area contributed by atoms with Gasteiger partial charge in [-0.3, -0.25) is 4.79 Å². The van der Waals surface area contributed by atoms with Crippen LogP contribution < -0.4 is 38.7 Å². The van der Waals surface area contributed by atoms with Crippen LogP contribution in [0.5, 0.6) is 34.5 Å². The first-order valence-corrected chi connectivity index (χ1v) is 12.8. The van der Waals surface area contributed by atoms with Crippen molar-refractivity contribution < 1.29 is 33.2 Å². The van der Waals surface area contributed by atoms with Gasteiger partial charge in [0, 0.05) is 37.5 Å². The summed E-state index contributed by atoms with van der Waals surface area (Å²) in [7, 11) is 10.3. The van der Waals surface area contributed by atoms with E-state index in [9.17, 15) is 4.79 Å². The van der Waals surface area contributed by atoms with Crippen LogP contribution in [0.25, 0.3) is 0 Å². The largest absolute Gasteiger partial charge is 0.496 e. The van der Waals surface area contributed by atoms with Crippen LogP contribution in [0.1, 0.15) is 29.2 Å². The average molecular weight is 550 g/mol. The van der Waals surface area contributed by atoms with Crippen LogP contribution in [0.15, 0.2) is 53.6 Å². The molecule has 1 heterocycles. The summed E-state index contributed by atoms with van der Waals surface area (Å²) in [5, 5.41) is 4.02. The van der Waals surface area contributed by atoms with E-state index in [0.717, 1.165) is 35.2 Å². The van der Waals surface area contributed by atoms with Gasteiger partial charge in [-0.2, -0.15) is 5.10 Å². The molecule has 0 saturated heterocycles. The zero-order chi connectivity index (χ0) is 28.6. The van der Waals surface area contributed by atoms with Crippen LogP contribution in [0, 0.1) is 0 Å². The van der Waals surface area contributed by atoms with E-state index in [1.54, 1.807) is 46.8 Å². The van der Waals surface area contributed by atoms with Crippen molar-refractivity contribution >= 4 is 17.8 Å². The highest BCUT2D eigenvalue weighted by atomic mass is 16.5. The Morgan fingerprint density at radius 2 is 1.65 bits per heavy atom. The van der Waals surface area contributed by atoms with Crippen LogP contribution in [0.3, 0.4) is 0 Å². The van der Waals surface area contributed by atoms with Crippen LogP contribution >= 0.6 is 0 Å². The van der Waals surface area contributed by atoms with Gasteiger partial charge in [-0.1, -0.05) is 12.1 Å². The van der Waals surface area contributed by atoms with Gasteiger partial charge in [0.25, 0.3) is 5.91 Å². The fourth-order valence-electron chi connectivity index (χ4n) is 4.44. The molecular weight excluding hydrogens is 514 g/mol. The molecule has 0 spiro atoms. The van der Waals surface area contributed by atoms with E-state index in [0.29, 0.717) is 34.5 Å². The van der Waals surface area contributed by atoms with E-state index in [1.165, 1.54) is 0 Å². The Morgan fingerprint density at radius 1 is 0.975 bits per heavy atom. The standard InChI is InChI=1S/C30H35N3O7/c1-33(2)21-9-7-19(8-10-21)17-31-32-29(34)18-39-22-15-25(35-3)23-11-12-24(40-26(23)16-22)20-13-27(36-4)30(38-6)28(14-20)37-5/h7-10,13-17,24H,11-12,18H2,1-6H3,(H,32,34)/b31-17+. The summed E-state index contributed by atoms with van der Waals surface area (Å²) in [6.07, 6.45) is 2.77. The number of hydrazone groups is 1. The molecule has 0 saturated carbocycles. The Bertz CT molecular complexity index is 1330. The maximum atomic E-state index is 12.4. The molecule has 0 bridgehead atoms. The van der Waals surface area contributed by atoms with Gasteiger partial charge < -0.3 is 33.3 Å². The van der Waals surface area contributed by atoms with Gasteiger partial charge >= 0.3 is 0 Å². The summed E-state index contributed by atoms with van der Waals surface area (Å²) in [4.78, 5) is 14.4. The van der Waals surface area contributed by atoms with Gasteiger partial charge in [0.2, 0.25) is 5.75 Å². The molecule has 1 amide bonds. The van der Waals surface area contributed by atoms with Crippen molar-refractivity contribution in [2.45, 2.75) is 18.9 Å². The van der Waals surface area contributed by atoms with Crippen molar-refractivity contribution in [2.24, 2.45) is 5.10 Å². The van der Waals surface area contributed by atoms with Crippen molar-refractivity contribution in [1.82, 2.24) is 5.43 Å². The zero-order valence-corrected chi connectivity index (χ0v) is 23.6. The molecule has 10 nitrogen and oxygen atoms in total. The first-order chi connectivity index (χ1) is 19.4. The number of hydrogen-bond donors (Lipinski definition) is 1. The molecule has 0 aromatic heterocycles. The lowest BCUT2D eigenvalue weighted by Crippen LogP contribution is -2.24. The minimum absolute atomic E-state index is 0.227. The number of ether oxygens (including phenoxy) is 6. The number of nitrogens with one attached hydrogen (secondary N) is 1. The molecule has 40 heavy (non-hydrogen) atoms. The summed E-state index contributed by atoms with van der Waals surface area (Å²) in [5.41, 5.74) is 6.26. The number of carbonyl (C=O) groups is 1. The highest BCUT2D eigenvalue weighted by Gasteiger charge is 2.27. The molecule has 1 aliphatic heterocycles. The Labute approximate surface area is 234 Å². The fraction of sp³-hybridized carbons (Fsp3) is 0.333. The van der Waals surface area contributed by atoms with Gasteiger partial charge in [-0.25, -0.2) is 5.43 Å². The number of anilines is 1. The third kappa shape index (κ3) is 6.51. The summed E-state index contributed by atoms with van der Waals surface area (Å²) in [6.45, 7) is -0.227. The molecule has 1 atom stereocenters. The number of methoxy groups -OCH3 is 4. The highest BCUT2D eigenvalue weighted by Crippen LogP contribution is 2.45. The van der Waals surface area contributed by atoms with Crippen LogP contribution in [-0.4, -0.2) is 61.3 Å². The average Bonchev–Trinajstić information content (AvgIpc) is 2.98. The van der Waals surface area contributed by atoms with E-state index in [2.05, 4.69) is 10.5 Å². The maximum Gasteiger partial charge on any atom is 0.277 e. The number of rotatable bonds is 11. The Hall–Kier alpha value is -4.60. The molecule has 0 radical (unpaired) electrons. The zero-order valence-electron chi connectivity index (χ0n) is 23.6. The lowest BCUT2D eigenvalue weighted by molar-refractivity contribution is -0.123. The number of benzene rings is 3. The second-order valence-corrected chi connectivity index (χ2v) is 9.27. The number of hydrogen-bond acceptors (Lipinski definition) is 9. The quantitative estimate of drug-likeness (QED) is 0.278. The first-order valence-electron chi connectivity index (χ1n) is 12.8. The topological polar surface area (TPSA) is 100 Å². The predicted molar refractivity (Wildman–Crippen MR) is 153 cm³/mol. The molecule has 3 aromatic carbocycles. The van der Waals surface area contributed by atoms with E-state index < -0.39 is 5.91 Å². The first kappa shape index (κ1) is 28.4. The van der Waals surface area contributed by atoms with Crippen molar-refractivity contribution in [3.8, 4) is 34.5 Å². The summed E-state index contributed by atoms with van der Waals surface area (Å²) >= 11 is 0. The summed E-state index contributed by atoms with van der Waals surface area (Å²) < 4.78 is 34.2. The molecule has 0 fully saturated rings. The van der Waals surface area contributed by atoms with Crippen molar-refractivity contribution in [2.75, 3.05) is 54.0 Å². The second-order valence-electron chi connectivity index (χ2n) is 9.27. The minimum atomic E-state index is -0.394. The summed E-state index contributed by atoms with van der Waals surface area (Å²) in [5.74, 6) is 2.94. The monoisotopic (exact) mass is 549 g/mol. The molecule has 0 aliphatic carbocycles.